The first-order chi connectivity index (χ1) is 6.53. The fourth-order valence-electron chi connectivity index (χ4n) is 1.51. The molecule has 14 heavy (non-hydrogen) atoms. The van der Waals surface area contributed by atoms with Crippen LogP contribution >= 0.6 is 11.6 Å². The van der Waals surface area contributed by atoms with Crippen molar-refractivity contribution in [1.82, 2.24) is 9.78 Å². The Labute approximate surface area is 90.2 Å². The molecule has 0 radical (unpaired) electrons. The van der Waals surface area contributed by atoms with Crippen molar-refractivity contribution in [3.63, 3.8) is 0 Å². The molecule has 1 aromatic heterocycles. The largest absolute Gasteiger partial charge is 0.330 e. The summed E-state index contributed by atoms with van der Waals surface area (Å²) in [5.41, 5.74) is 6.67. The fraction of sp³-hybridized carbons (Fsp3) is 0.700. The van der Waals surface area contributed by atoms with Crippen LogP contribution in [0.15, 0.2) is 6.20 Å². The Balaban J connectivity index is 3.10. The Hall–Kier alpha value is -0.540. The van der Waals surface area contributed by atoms with Crippen LogP contribution in [0.1, 0.15) is 32.9 Å². The summed E-state index contributed by atoms with van der Waals surface area (Å²) < 4.78 is 1.95. The lowest BCUT2D eigenvalue weighted by molar-refractivity contribution is 0.458. The average molecular weight is 216 g/mol. The molecular weight excluding hydrogens is 198 g/mol. The van der Waals surface area contributed by atoms with Crippen molar-refractivity contribution in [3.8, 4) is 0 Å². The van der Waals surface area contributed by atoms with Gasteiger partial charge >= 0.3 is 0 Å². The second-order valence-electron chi connectivity index (χ2n) is 4.15. The highest BCUT2D eigenvalue weighted by atomic mass is 35.5. The molecule has 0 fully saturated rings. The molecule has 4 heteroatoms. The second-order valence-corrected chi connectivity index (χ2v) is 4.56. The molecule has 0 saturated carbocycles. The summed E-state index contributed by atoms with van der Waals surface area (Å²) in [5.74, 6) is 0. The van der Waals surface area contributed by atoms with Crippen LogP contribution in [-0.2, 0) is 12.0 Å². The Morgan fingerprint density at radius 1 is 1.57 bits per heavy atom. The van der Waals surface area contributed by atoms with E-state index in [2.05, 4.69) is 25.9 Å². The quantitative estimate of drug-likeness (QED) is 0.837. The molecule has 0 aliphatic rings. The summed E-state index contributed by atoms with van der Waals surface area (Å²) in [6.45, 7) is 7.76. The lowest BCUT2D eigenvalue weighted by Gasteiger charge is -2.24. The standard InChI is InChI=1S/C10H18ClN3/c1-4-5-14-9(8(11)6-13-14)10(2,3)7-12/h6H,4-5,7,12H2,1-3H3. The number of aryl methyl sites for hydroxylation is 1. The molecule has 3 nitrogen and oxygen atoms in total. The molecular formula is C10H18ClN3. The molecule has 0 atom stereocenters. The first-order valence-electron chi connectivity index (χ1n) is 4.94. The van der Waals surface area contributed by atoms with E-state index in [0.717, 1.165) is 18.7 Å². The highest BCUT2D eigenvalue weighted by Crippen LogP contribution is 2.28. The molecule has 2 N–H and O–H groups in total. The third-order valence-corrected chi connectivity index (χ3v) is 2.66. The topological polar surface area (TPSA) is 43.8 Å². The Bertz CT molecular complexity index is 304. The van der Waals surface area contributed by atoms with Crippen LogP contribution in [0, 0.1) is 0 Å². The summed E-state index contributed by atoms with van der Waals surface area (Å²) in [7, 11) is 0. The van der Waals surface area contributed by atoms with E-state index in [-0.39, 0.29) is 5.41 Å². The smallest absolute Gasteiger partial charge is 0.0823 e. The molecule has 0 saturated heterocycles. The SMILES string of the molecule is CCCn1ncc(Cl)c1C(C)(C)CN. The van der Waals surface area contributed by atoms with Crippen LogP contribution in [0.25, 0.3) is 0 Å². The van der Waals surface area contributed by atoms with Gasteiger partial charge in [-0.3, -0.25) is 4.68 Å². The van der Waals surface area contributed by atoms with E-state index in [4.69, 9.17) is 17.3 Å². The normalized spacial score (nSPS) is 12.1. The molecule has 1 aromatic rings. The predicted molar refractivity (Wildman–Crippen MR) is 59.6 cm³/mol. The minimum Gasteiger partial charge on any atom is -0.330 e. The van der Waals surface area contributed by atoms with Crippen molar-refractivity contribution < 1.29 is 0 Å². The zero-order chi connectivity index (χ0) is 10.8. The number of rotatable bonds is 4. The summed E-state index contributed by atoms with van der Waals surface area (Å²) >= 11 is 6.11. The fourth-order valence-corrected chi connectivity index (χ4v) is 1.91. The van der Waals surface area contributed by atoms with Gasteiger partial charge in [-0.1, -0.05) is 32.4 Å². The van der Waals surface area contributed by atoms with Gasteiger partial charge < -0.3 is 5.73 Å². The molecule has 0 unspecified atom stereocenters. The molecule has 0 aliphatic carbocycles. The van der Waals surface area contributed by atoms with Crippen LogP contribution in [0.3, 0.4) is 0 Å². The number of halogens is 1. The maximum absolute atomic E-state index is 6.11. The number of nitrogens with two attached hydrogens (primary N) is 1. The molecule has 80 valence electrons. The maximum atomic E-state index is 6.11. The van der Waals surface area contributed by atoms with Gasteiger partial charge in [-0.15, -0.1) is 0 Å². The van der Waals surface area contributed by atoms with Gasteiger partial charge in [0.05, 0.1) is 16.9 Å². The first kappa shape index (κ1) is 11.5. The van der Waals surface area contributed by atoms with Gasteiger partial charge in [0.25, 0.3) is 0 Å². The highest BCUT2D eigenvalue weighted by Gasteiger charge is 2.26. The van der Waals surface area contributed by atoms with Crippen molar-refractivity contribution in [3.05, 3.63) is 16.9 Å². The molecule has 0 amide bonds. The van der Waals surface area contributed by atoms with Gasteiger partial charge in [-0.05, 0) is 6.42 Å². The van der Waals surface area contributed by atoms with Gasteiger partial charge in [0, 0.05) is 18.5 Å². The molecule has 1 rings (SSSR count). The van der Waals surface area contributed by atoms with E-state index in [9.17, 15) is 0 Å². The maximum Gasteiger partial charge on any atom is 0.0823 e. The van der Waals surface area contributed by atoms with Gasteiger partial charge in [0.15, 0.2) is 0 Å². The van der Waals surface area contributed by atoms with E-state index in [1.165, 1.54) is 0 Å². The average Bonchev–Trinajstić information content (AvgIpc) is 2.48. The lowest BCUT2D eigenvalue weighted by atomic mass is 9.89. The third-order valence-electron chi connectivity index (χ3n) is 2.38. The Morgan fingerprint density at radius 3 is 2.71 bits per heavy atom. The Kier molecular flexibility index (Phi) is 3.56. The molecule has 0 aliphatic heterocycles. The van der Waals surface area contributed by atoms with Crippen molar-refractivity contribution in [2.45, 2.75) is 39.2 Å². The molecule has 0 bridgehead atoms. The highest BCUT2D eigenvalue weighted by molar-refractivity contribution is 6.31. The van der Waals surface area contributed by atoms with Crippen LogP contribution in [0.4, 0.5) is 0 Å². The summed E-state index contributed by atoms with van der Waals surface area (Å²) in [4.78, 5) is 0. The van der Waals surface area contributed by atoms with E-state index in [0.29, 0.717) is 11.6 Å². The van der Waals surface area contributed by atoms with E-state index < -0.39 is 0 Å². The van der Waals surface area contributed by atoms with Crippen LogP contribution in [-0.4, -0.2) is 16.3 Å². The van der Waals surface area contributed by atoms with Crippen LogP contribution < -0.4 is 5.73 Å². The third kappa shape index (κ3) is 2.10. The predicted octanol–water partition coefficient (Wildman–Crippen LogP) is 2.18. The van der Waals surface area contributed by atoms with Gasteiger partial charge in [-0.2, -0.15) is 5.10 Å². The van der Waals surface area contributed by atoms with Crippen molar-refractivity contribution in [1.29, 1.82) is 0 Å². The zero-order valence-corrected chi connectivity index (χ0v) is 9.80. The zero-order valence-electron chi connectivity index (χ0n) is 9.05. The summed E-state index contributed by atoms with van der Waals surface area (Å²) in [5, 5.41) is 4.97. The van der Waals surface area contributed by atoms with E-state index in [1.54, 1.807) is 6.20 Å². The van der Waals surface area contributed by atoms with Crippen molar-refractivity contribution >= 4 is 11.6 Å². The number of nitrogens with zero attached hydrogens (tertiary/aromatic N) is 2. The first-order valence-corrected chi connectivity index (χ1v) is 5.32. The number of aromatic nitrogens is 2. The number of hydrogen-bond donors (Lipinski definition) is 1. The van der Waals surface area contributed by atoms with Gasteiger partial charge in [0.1, 0.15) is 0 Å². The van der Waals surface area contributed by atoms with Crippen molar-refractivity contribution in [2.24, 2.45) is 5.73 Å². The van der Waals surface area contributed by atoms with Gasteiger partial charge in [-0.25, -0.2) is 0 Å². The van der Waals surface area contributed by atoms with E-state index >= 15 is 0 Å². The summed E-state index contributed by atoms with van der Waals surface area (Å²) in [6.07, 6.45) is 2.75. The minimum absolute atomic E-state index is 0.108. The van der Waals surface area contributed by atoms with Crippen molar-refractivity contribution in [2.75, 3.05) is 6.54 Å². The molecule has 1 heterocycles. The lowest BCUT2D eigenvalue weighted by Crippen LogP contribution is -2.31. The van der Waals surface area contributed by atoms with E-state index in [1.807, 2.05) is 4.68 Å². The molecule has 0 aromatic carbocycles. The Morgan fingerprint density at radius 2 is 2.21 bits per heavy atom. The monoisotopic (exact) mass is 215 g/mol. The second kappa shape index (κ2) is 4.32. The number of hydrogen-bond acceptors (Lipinski definition) is 2. The van der Waals surface area contributed by atoms with Gasteiger partial charge in [0.2, 0.25) is 0 Å². The molecule has 0 spiro atoms. The van der Waals surface area contributed by atoms with Crippen LogP contribution in [0.5, 0.6) is 0 Å². The minimum atomic E-state index is -0.108. The van der Waals surface area contributed by atoms with Crippen LogP contribution in [0.2, 0.25) is 5.02 Å². The summed E-state index contributed by atoms with van der Waals surface area (Å²) in [6, 6.07) is 0.